The Hall–Kier alpha value is -4.26. The maximum atomic E-state index is 14.5. The second-order valence-electron chi connectivity index (χ2n) is 7.92. The first-order valence-electron chi connectivity index (χ1n) is 10.6. The summed E-state index contributed by atoms with van der Waals surface area (Å²) in [5, 5.41) is 10.3. The lowest BCUT2D eigenvalue weighted by molar-refractivity contribution is 0.631. The van der Waals surface area contributed by atoms with E-state index in [1.807, 2.05) is 55.9 Å². The molecule has 7 heteroatoms. The number of aromatic nitrogens is 6. The first-order valence-corrected chi connectivity index (χ1v) is 10.6. The van der Waals surface area contributed by atoms with Gasteiger partial charge in [0.05, 0.1) is 34.6 Å². The predicted octanol–water partition coefficient (Wildman–Crippen LogP) is 4.10. The Morgan fingerprint density at radius 2 is 1.97 bits per heavy atom. The zero-order valence-electron chi connectivity index (χ0n) is 18.6. The van der Waals surface area contributed by atoms with Crippen molar-refractivity contribution in [3.05, 3.63) is 83.4 Å². The van der Waals surface area contributed by atoms with E-state index in [9.17, 15) is 4.39 Å². The molecular formula is C26H23FN6. The number of H-pyrrole nitrogens is 2. The van der Waals surface area contributed by atoms with Crippen LogP contribution in [-0.4, -0.2) is 29.7 Å². The molecule has 33 heavy (non-hydrogen) atoms. The van der Waals surface area contributed by atoms with Gasteiger partial charge in [0, 0.05) is 35.0 Å². The first kappa shape index (κ1) is 20.6. The monoisotopic (exact) mass is 438 g/mol. The molecular weight excluding hydrogens is 415 g/mol. The summed E-state index contributed by atoms with van der Waals surface area (Å²) >= 11 is 0. The molecule has 0 fully saturated rings. The zero-order valence-corrected chi connectivity index (χ0v) is 18.6. The zero-order chi connectivity index (χ0) is 23.1. The van der Waals surface area contributed by atoms with Crippen molar-refractivity contribution >= 4 is 28.6 Å². The molecule has 0 bridgehead atoms. The maximum absolute atomic E-state index is 14.5. The van der Waals surface area contributed by atoms with Crippen molar-refractivity contribution in [2.75, 3.05) is 0 Å². The van der Waals surface area contributed by atoms with Crippen LogP contribution in [0, 0.1) is 12.7 Å². The number of aromatic amines is 2. The van der Waals surface area contributed by atoms with Crippen LogP contribution in [0.4, 0.5) is 4.39 Å². The number of aryl methyl sites for hydroxylation is 1. The summed E-state index contributed by atoms with van der Waals surface area (Å²) in [7, 11) is 1.97. The molecule has 0 radical (unpaired) electrons. The molecule has 0 unspecified atom stereocenters. The molecule has 5 rings (SSSR count). The van der Waals surface area contributed by atoms with Gasteiger partial charge in [0.15, 0.2) is 0 Å². The van der Waals surface area contributed by atoms with Gasteiger partial charge in [-0.25, -0.2) is 9.37 Å². The largest absolute Gasteiger partial charge is 0.352 e. The molecule has 6 nitrogen and oxygen atoms in total. The minimum Gasteiger partial charge on any atom is -0.352 e. The summed E-state index contributed by atoms with van der Waals surface area (Å²) in [4.78, 5) is 12.1. The van der Waals surface area contributed by atoms with Crippen molar-refractivity contribution in [3.8, 4) is 22.5 Å². The van der Waals surface area contributed by atoms with Crippen molar-refractivity contribution in [1.29, 1.82) is 0 Å². The molecule has 5 aromatic rings. The summed E-state index contributed by atoms with van der Waals surface area (Å²) in [6, 6.07) is 8.71. The molecule has 4 aromatic heterocycles. The lowest BCUT2D eigenvalue weighted by Crippen LogP contribution is -2.23. The molecule has 0 amide bonds. The number of fused-ring (bicyclic) bond motifs is 1. The number of imidazole rings is 1. The molecule has 4 heterocycles. The van der Waals surface area contributed by atoms with Gasteiger partial charge < -0.3 is 9.55 Å². The number of hydrogen-bond donors (Lipinski definition) is 2. The molecule has 0 saturated heterocycles. The smallest absolute Gasteiger partial charge is 0.131 e. The average Bonchev–Trinajstić information content (AvgIpc) is 3.51. The minimum absolute atomic E-state index is 0.283. The maximum Gasteiger partial charge on any atom is 0.131 e. The Bertz CT molecular complexity index is 1630. The van der Waals surface area contributed by atoms with Crippen molar-refractivity contribution in [3.63, 3.8) is 0 Å². The number of nitrogens with zero attached hydrogens (tertiary/aromatic N) is 4. The number of pyridine rings is 1. The number of halogens is 1. The molecule has 2 N–H and O–H groups in total. The molecule has 0 saturated carbocycles. The lowest BCUT2D eigenvalue weighted by Gasteiger charge is -2.03. The fraction of sp³-hybridized carbons (Fsp3) is 0.115. The molecule has 1 aromatic carbocycles. The van der Waals surface area contributed by atoms with Crippen molar-refractivity contribution in [2.24, 2.45) is 7.05 Å². The van der Waals surface area contributed by atoms with Crippen molar-refractivity contribution in [2.45, 2.75) is 13.8 Å². The van der Waals surface area contributed by atoms with Gasteiger partial charge in [0.1, 0.15) is 17.3 Å². The second kappa shape index (κ2) is 8.02. The predicted molar refractivity (Wildman–Crippen MR) is 130 cm³/mol. The van der Waals surface area contributed by atoms with Gasteiger partial charge in [-0.2, -0.15) is 5.10 Å². The summed E-state index contributed by atoms with van der Waals surface area (Å²) in [6.45, 7) is 8.17. The summed E-state index contributed by atoms with van der Waals surface area (Å²) in [5.41, 5.74) is 5.36. The van der Waals surface area contributed by atoms with E-state index in [2.05, 4.69) is 31.7 Å². The van der Waals surface area contributed by atoms with Crippen LogP contribution >= 0.6 is 0 Å². The van der Waals surface area contributed by atoms with Gasteiger partial charge >= 0.3 is 0 Å². The Kier molecular flexibility index (Phi) is 5.01. The minimum atomic E-state index is -0.283. The third-order valence-electron chi connectivity index (χ3n) is 5.95. The normalized spacial score (nSPS) is 12.7. The van der Waals surface area contributed by atoms with E-state index < -0.39 is 0 Å². The van der Waals surface area contributed by atoms with Crippen molar-refractivity contribution in [1.82, 2.24) is 29.7 Å². The van der Waals surface area contributed by atoms with Crippen LogP contribution in [0.2, 0.25) is 0 Å². The Morgan fingerprint density at radius 1 is 1.15 bits per heavy atom. The van der Waals surface area contributed by atoms with Crippen LogP contribution in [0.1, 0.15) is 18.4 Å². The molecule has 0 atom stereocenters. The van der Waals surface area contributed by atoms with Crippen molar-refractivity contribution < 1.29 is 4.39 Å². The fourth-order valence-electron chi connectivity index (χ4n) is 4.06. The number of hydrogen-bond acceptors (Lipinski definition) is 3. The highest BCUT2D eigenvalue weighted by molar-refractivity contribution is 5.97. The molecule has 164 valence electrons. The number of rotatable bonds is 4. The van der Waals surface area contributed by atoms with Gasteiger partial charge in [0.25, 0.3) is 0 Å². The van der Waals surface area contributed by atoms with E-state index in [0.717, 1.165) is 55.5 Å². The van der Waals surface area contributed by atoms with E-state index in [-0.39, 0.29) is 5.82 Å². The second-order valence-corrected chi connectivity index (χ2v) is 7.92. The third kappa shape index (κ3) is 3.47. The van der Waals surface area contributed by atoms with E-state index in [1.165, 1.54) is 6.07 Å². The number of nitrogens with one attached hydrogen (secondary N) is 2. The van der Waals surface area contributed by atoms with E-state index in [0.29, 0.717) is 5.56 Å². The van der Waals surface area contributed by atoms with Crippen LogP contribution in [0.3, 0.4) is 0 Å². The van der Waals surface area contributed by atoms with E-state index in [1.54, 1.807) is 24.5 Å². The van der Waals surface area contributed by atoms with Gasteiger partial charge in [-0.1, -0.05) is 30.9 Å². The quantitative estimate of drug-likeness (QED) is 0.444. The van der Waals surface area contributed by atoms with Crippen LogP contribution < -0.4 is 10.6 Å². The SMILES string of the molecule is C=C(/C=c1/c(-c2cc3c(-c4ccccc4F)cncc3[nH]2)n[nH]/c1=C/C)c1cnc(C)n1C. The van der Waals surface area contributed by atoms with Gasteiger partial charge in [-0.05, 0) is 37.6 Å². The summed E-state index contributed by atoms with van der Waals surface area (Å²) in [6.07, 6.45) is 9.22. The standard InChI is InChI=1S/C26H23FN6/c1-5-22-19(10-15(2)25-14-29-16(3)33(25)4)26(32-31-22)23-11-18-20(12-28-13-24(18)30-23)17-8-6-7-9-21(17)27/h5-14,30-31H,2H2,1,3-4H3/b19-10+,22-5+. The number of allylic oxidation sites excluding steroid dienone is 1. The van der Waals surface area contributed by atoms with Gasteiger partial charge in [-0.15, -0.1) is 0 Å². The highest BCUT2D eigenvalue weighted by Gasteiger charge is 2.15. The molecule has 0 spiro atoms. The van der Waals surface area contributed by atoms with Crippen LogP contribution in [-0.2, 0) is 7.05 Å². The topological polar surface area (TPSA) is 75.2 Å². The summed E-state index contributed by atoms with van der Waals surface area (Å²) in [5.74, 6) is 0.631. The summed E-state index contributed by atoms with van der Waals surface area (Å²) < 4.78 is 16.5. The Labute approximate surface area is 189 Å². The molecule has 0 aliphatic carbocycles. The van der Waals surface area contributed by atoms with Gasteiger partial charge in [0.2, 0.25) is 0 Å². The molecule has 0 aliphatic rings. The Morgan fingerprint density at radius 3 is 2.70 bits per heavy atom. The number of benzene rings is 1. The van der Waals surface area contributed by atoms with E-state index >= 15 is 0 Å². The van der Waals surface area contributed by atoms with Crippen LogP contribution in [0.25, 0.3) is 51.1 Å². The third-order valence-corrected chi connectivity index (χ3v) is 5.95. The highest BCUT2D eigenvalue weighted by atomic mass is 19.1. The fourth-order valence-corrected chi connectivity index (χ4v) is 4.06. The average molecular weight is 439 g/mol. The molecule has 0 aliphatic heterocycles. The lowest BCUT2D eigenvalue weighted by atomic mass is 10.0. The van der Waals surface area contributed by atoms with Crippen LogP contribution in [0.5, 0.6) is 0 Å². The van der Waals surface area contributed by atoms with Crippen LogP contribution in [0.15, 0.2) is 55.5 Å². The van der Waals surface area contributed by atoms with Gasteiger partial charge in [-0.3, -0.25) is 10.1 Å². The Balaban J connectivity index is 1.69. The van der Waals surface area contributed by atoms with E-state index in [4.69, 9.17) is 0 Å². The highest BCUT2D eigenvalue weighted by Crippen LogP contribution is 2.31. The first-order chi connectivity index (χ1) is 16.0.